The predicted octanol–water partition coefficient (Wildman–Crippen LogP) is 12.1. The van der Waals surface area contributed by atoms with Crippen LogP contribution in [0.25, 0.3) is 64.6 Å². The van der Waals surface area contributed by atoms with Crippen LogP contribution >= 0.6 is 11.3 Å². The van der Waals surface area contributed by atoms with Crippen molar-refractivity contribution in [3.63, 3.8) is 0 Å². The van der Waals surface area contributed by atoms with Crippen molar-refractivity contribution in [2.75, 3.05) is 0 Å². The second kappa shape index (κ2) is 15.2. The second-order valence-corrected chi connectivity index (χ2v) is 21.1. The number of pyridine rings is 3. The van der Waals surface area contributed by atoms with Gasteiger partial charge >= 0.3 is 0 Å². The van der Waals surface area contributed by atoms with Crippen molar-refractivity contribution < 1.29 is 24.5 Å². The average molecular weight is 916 g/mol. The molecule has 0 saturated heterocycles. The summed E-state index contributed by atoms with van der Waals surface area (Å²) in [5.41, 5.74) is 12.4. The normalized spacial score (nSPS) is 11.5. The summed E-state index contributed by atoms with van der Waals surface area (Å²) in [5, 5.41) is 6.31. The fourth-order valence-corrected chi connectivity index (χ4v) is 9.46. The quantitative estimate of drug-likeness (QED) is 0.127. The van der Waals surface area contributed by atoms with E-state index in [-0.39, 0.29) is 20.1 Å². The zero-order valence-corrected chi connectivity index (χ0v) is 35.8. The first-order valence-electron chi connectivity index (χ1n) is 18.1. The van der Waals surface area contributed by atoms with Crippen LogP contribution < -0.4 is 5.19 Å². The largest absolute Gasteiger partial charge is 0.499 e. The Hall–Kier alpha value is -4.78. The molecule has 7 heteroatoms. The summed E-state index contributed by atoms with van der Waals surface area (Å²) in [5.74, 6) is 0. The topological polar surface area (TPSA) is 51.8 Å². The number of hydrogen-bond acceptors (Lipinski definition) is 5. The maximum atomic E-state index is 6.33. The molecule has 0 N–H and O–H groups in total. The SMILES string of the molecule is Cc1c[c-]c(-c2ccc([Si](C)(C)C)cn2)c2sc3ccccc3c12.Cc1cc2c(oc3c(-c4cc(Cc5ccccc5)ccn4)[c-]cc(C)c32)c(C)n1.[Ir]. The molecule has 0 aliphatic rings. The maximum Gasteiger partial charge on any atom is 0.142 e. The first-order valence-corrected chi connectivity index (χ1v) is 22.4. The van der Waals surface area contributed by atoms with Crippen LogP contribution in [0.1, 0.15) is 33.6 Å². The molecule has 9 aromatic rings. The second-order valence-electron chi connectivity index (χ2n) is 14.9. The summed E-state index contributed by atoms with van der Waals surface area (Å²) in [6.45, 7) is 15.3. The molecule has 0 bridgehead atoms. The molecule has 0 amide bonds. The van der Waals surface area contributed by atoms with E-state index in [4.69, 9.17) is 9.40 Å². The number of nitrogens with zero attached hydrogens (tertiary/aromatic N) is 3. The van der Waals surface area contributed by atoms with Gasteiger partial charge in [0.2, 0.25) is 0 Å². The molecule has 271 valence electrons. The third kappa shape index (κ3) is 7.22. The van der Waals surface area contributed by atoms with Gasteiger partial charge in [-0.1, -0.05) is 117 Å². The predicted molar refractivity (Wildman–Crippen MR) is 226 cm³/mol. The molecule has 0 unspecified atom stereocenters. The van der Waals surface area contributed by atoms with Crippen molar-refractivity contribution >= 4 is 66.7 Å². The van der Waals surface area contributed by atoms with Crippen molar-refractivity contribution in [1.82, 2.24) is 15.0 Å². The molecule has 0 spiro atoms. The standard InChI is InChI=1S/C26H21N2O.C21H20NSSi.Ir/c1-16-9-10-21(26-24(16)22-13-17(2)28-18(3)25(22)29-26)23-15-20(11-12-27-23)14-19-7-5-4-6-8-19;1-14-9-11-16(18-12-10-15(13-22-18)24(2,3)4)21-20(14)17-7-5-6-8-19(17)23-21;/h4-9,11-13,15H,14H2,1-3H3;5-10,12-13H,1-4H3;/q2*-1;. The summed E-state index contributed by atoms with van der Waals surface area (Å²) in [6, 6.07) is 40.8. The minimum absolute atomic E-state index is 0. The van der Waals surface area contributed by atoms with Crippen molar-refractivity contribution in [3.8, 4) is 22.5 Å². The Morgan fingerprint density at radius 3 is 2.15 bits per heavy atom. The van der Waals surface area contributed by atoms with E-state index in [1.165, 1.54) is 42.0 Å². The zero-order valence-electron chi connectivity index (χ0n) is 31.6. The summed E-state index contributed by atoms with van der Waals surface area (Å²) < 4.78 is 8.95. The Morgan fingerprint density at radius 1 is 0.685 bits per heavy atom. The number of thiophene rings is 1. The van der Waals surface area contributed by atoms with Gasteiger partial charge < -0.3 is 14.4 Å². The molecule has 4 aromatic carbocycles. The number of fused-ring (bicyclic) bond motifs is 6. The number of aryl methyl sites for hydroxylation is 4. The molecule has 1 radical (unpaired) electrons. The van der Waals surface area contributed by atoms with Crippen LogP contribution in [0.15, 0.2) is 114 Å². The van der Waals surface area contributed by atoms with Crippen molar-refractivity contribution in [2.24, 2.45) is 0 Å². The van der Waals surface area contributed by atoms with Gasteiger partial charge in [0.25, 0.3) is 0 Å². The fourth-order valence-electron chi connectivity index (χ4n) is 7.14. The number of aromatic nitrogens is 3. The van der Waals surface area contributed by atoms with Gasteiger partial charge in [-0.2, -0.15) is 11.3 Å². The van der Waals surface area contributed by atoms with E-state index in [1.807, 2.05) is 43.5 Å². The Kier molecular flexibility index (Phi) is 10.5. The van der Waals surface area contributed by atoms with Crippen LogP contribution in [0.2, 0.25) is 19.6 Å². The third-order valence-corrected chi connectivity index (χ3v) is 13.1. The van der Waals surface area contributed by atoms with E-state index < -0.39 is 8.07 Å². The Balaban J connectivity index is 0.000000166. The molecule has 0 aliphatic carbocycles. The molecule has 0 atom stereocenters. The van der Waals surface area contributed by atoms with E-state index in [2.05, 4.69) is 147 Å². The molecule has 0 saturated carbocycles. The smallest absolute Gasteiger partial charge is 0.142 e. The molecular weight excluding hydrogens is 875 g/mol. The number of furan rings is 1. The number of benzene rings is 4. The van der Waals surface area contributed by atoms with Crippen LogP contribution in [0.5, 0.6) is 0 Å². The summed E-state index contributed by atoms with van der Waals surface area (Å²) in [6.07, 6.45) is 4.80. The molecule has 5 heterocycles. The van der Waals surface area contributed by atoms with Gasteiger partial charge in [-0.15, -0.1) is 41.0 Å². The number of hydrogen-bond donors (Lipinski definition) is 0. The van der Waals surface area contributed by atoms with Gasteiger partial charge in [0, 0.05) is 48.3 Å². The van der Waals surface area contributed by atoms with Gasteiger partial charge in [-0.3, -0.25) is 4.98 Å². The Morgan fingerprint density at radius 2 is 1.41 bits per heavy atom. The molecular formula is C47H41IrN3OSSi-2. The van der Waals surface area contributed by atoms with Crippen LogP contribution in [0.3, 0.4) is 0 Å². The molecule has 4 nitrogen and oxygen atoms in total. The first kappa shape index (κ1) is 37.5. The fraction of sp³-hybridized carbons (Fsp3) is 0.170. The molecule has 0 aliphatic heterocycles. The van der Waals surface area contributed by atoms with Crippen LogP contribution in [-0.2, 0) is 26.5 Å². The maximum absolute atomic E-state index is 6.33. The summed E-state index contributed by atoms with van der Waals surface area (Å²) in [4.78, 5) is 14.0. The van der Waals surface area contributed by atoms with E-state index in [0.29, 0.717) is 0 Å². The number of rotatable bonds is 5. The summed E-state index contributed by atoms with van der Waals surface area (Å²) >= 11 is 1.84. The van der Waals surface area contributed by atoms with Crippen molar-refractivity contribution in [3.05, 3.63) is 155 Å². The van der Waals surface area contributed by atoms with Gasteiger partial charge in [0.05, 0.1) is 19.4 Å². The van der Waals surface area contributed by atoms with E-state index >= 15 is 0 Å². The van der Waals surface area contributed by atoms with Crippen LogP contribution in [0.4, 0.5) is 0 Å². The van der Waals surface area contributed by atoms with Crippen molar-refractivity contribution in [2.45, 2.75) is 53.8 Å². The minimum atomic E-state index is -1.32. The molecule has 5 aromatic heterocycles. The summed E-state index contributed by atoms with van der Waals surface area (Å²) in [7, 11) is -1.32. The van der Waals surface area contributed by atoms with Gasteiger partial charge in [-0.25, -0.2) is 0 Å². The van der Waals surface area contributed by atoms with Crippen LogP contribution in [-0.4, -0.2) is 23.0 Å². The third-order valence-electron chi connectivity index (χ3n) is 9.89. The van der Waals surface area contributed by atoms with Gasteiger partial charge in [0.1, 0.15) is 5.58 Å². The van der Waals surface area contributed by atoms with Crippen molar-refractivity contribution in [1.29, 1.82) is 0 Å². The van der Waals surface area contributed by atoms with E-state index in [1.54, 1.807) is 0 Å². The van der Waals surface area contributed by atoms with Gasteiger partial charge in [0.15, 0.2) is 0 Å². The Labute approximate surface area is 335 Å². The minimum Gasteiger partial charge on any atom is -0.499 e. The first-order chi connectivity index (χ1) is 25.5. The van der Waals surface area contributed by atoms with Gasteiger partial charge in [-0.05, 0) is 76.3 Å². The van der Waals surface area contributed by atoms with Crippen LogP contribution in [0, 0.1) is 39.8 Å². The average Bonchev–Trinajstić information content (AvgIpc) is 3.73. The Bertz CT molecular complexity index is 2780. The molecule has 0 fully saturated rings. The molecule has 9 rings (SSSR count). The monoisotopic (exact) mass is 916 g/mol. The molecule has 54 heavy (non-hydrogen) atoms. The van der Waals surface area contributed by atoms with E-state index in [0.717, 1.165) is 67.8 Å². The zero-order chi connectivity index (χ0) is 36.9. The van der Waals surface area contributed by atoms with E-state index in [9.17, 15) is 0 Å².